The first kappa shape index (κ1) is 24.7. The molecule has 0 radical (unpaired) electrons. The van der Waals surface area contributed by atoms with E-state index in [1.807, 2.05) is 6.07 Å². The number of halogens is 1. The molecule has 0 saturated carbocycles. The van der Waals surface area contributed by atoms with Crippen molar-refractivity contribution in [3.05, 3.63) is 64.7 Å². The number of benzene rings is 2. The van der Waals surface area contributed by atoms with Crippen LogP contribution in [0, 0.1) is 5.92 Å². The van der Waals surface area contributed by atoms with Gasteiger partial charge in [-0.25, -0.2) is 8.42 Å². The van der Waals surface area contributed by atoms with Crippen LogP contribution in [0.5, 0.6) is 0 Å². The minimum atomic E-state index is -3.65. The fourth-order valence-corrected chi connectivity index (χ4v) is 5.79. The monoisotopic (exact) mass is 477 g/mol. The molecule has 1 heterocycles. The first-order valence-electron chi connectivity index (χ1n) is 11.2. The molecule has 1 unspecified atom stereocenters. The van der Waals surface area contributed by atoms with E-state index in [0.717, 1.165) is 32.5 Å². The summed E-state index contributed by atoms with van der Waals surface area (Å²) in [6.45, 7) is 7.82. The summed E-state index contributed by atoms with van der Waals surface area (Å²) in [4.78, 5) is 15.3. The Hall–Kier alpha value is -1.93. The average molecular weight is 478 g/mol. The van der Waals surface area contributed by atoms with Gasteiger partial charge in [0, 0.05) is 32.7 Å². The van der Waals surface area contributed by atoms with Gasteiger partial charge in [0.2, 0.25) is 10.0 Å². The third kappa shape index (κ3) is 6.10. The van der Waals surface area contributed by atoms with Crippen LogP contribution in [0.4, 0.5) is 0 Å². The molecule has 2 aromatic rings. The lowest BCUT2D eigenvalue weighted by atomic mass is 10.1. The lowest BCUT2D eigenvalue weighted by Crippen LogP contribution is -2.32. The summed E-state index contributed by atoms with van der Waals surface area (Å²) in [7, 11) is -3.65. The van der Waals surface area contributed by atoms with Crippen LogP contribution in [-0.4, -0.2) is 62.8 Å². The zero-order chi connectivity index (χ0) is 23.1. The molecule has 1 aliphatic rings. The van der Waals surface area contributed by atoms with Gasteiger partial charge in [-0.3, -0.25) is 4.79 Å². The Morgan fingerprint density at radius 2 is 1.88 bits per heavy atom. The van der Waals surface area contributed by atoms with Gasteiger partial charge in [0.1, 0.15) is 0 Å². The molecular weight excluding hydrogens is 446 g/mol. The molecule has 8 heteroatoms. The topological polar surface area (TPSA) is 69.7 Å². The van der Waals surface area contributed by atoms with Crippen LogP contribution in [0.1, 0.15) is 36.2 Å². The van der Waals surface area contributed by atoms with Crippen LogP contribution in [0.15, 0.2) is 53.4 Å². The highest BCUT2D eigenvalue weighted by Gasteiger charge is 2.25. The van der Waals surface area contributed by atoms with Crippen molar-refractivity contribution in [2.75, 3.05) is 39.3 Å². The molecule has 1 aliphatic heterocycles. The highest BCUT2D eigenvalue weighted by molar-refractivity contribution is 7.89. The second-order valence-electron chi connectivity index (χ2n) is 8.13. The van der Waals surface area contributed by atoms with E-state index < -0.39 is 10.0 Å². The second-order valence-corrected chi connectivity index (χ2v) is 10.5. The van der Waals surface area contributed by atoms with E-state index >= 15 is 0 Å². The summed E-state index contributed by atoms with van der Waals surface area (Å²) < 4.78 is 26.9. The highest BCUT2D eigenvalue weighted by Crippen LogP contribution is 2.23. The minimum Gasteiger partial charge on any atom is -0.352 e. The quantitative estimate of drug-likeness (QED) is 0.567. The Morgan fingerprint density at radius 3 is 2.56 bits per heavy atom. The number of carbonyl (C=O) groups is 1. The number of nitrogens with one attached hydrogen (secondary N) is 1. The first-order valence-corrected chi connectivity index (χ1v) is 13.0. The Bertz CT molecular complexity index is 1010. The van der Waals surface area contributed by atoms with Crippen molar-refractivity contribution in [3.63, 3.8) is 0 Å². The normalized spacial score (nSPS) is 17.1. The lowest BCUT2D eigenvalue weighted by molar-refractivity contribution is 0.0947. The van der Waals surface area contributed by atoms with Crippen molar-refractivity contribution < 1.29 is 13.2 Å². The van der Waals surface area contributed by atoms with Crippen molar-refractivity contribution in [2.24, 2.45) is 5.92 Å². The molecule has 0 spiro atoms. The number of carbonyl (C=O) groups excluding carboxylic acids is 1. The van der Waals surface area contributed by atoms with Gasteiger partial charge in [-0.2, -0.15) is 4.31 Å². The number of amides is 1. The van der Waals surface area contributed by atoms with E-state index in [4.69, 9.17) is 11.6 Å². The maximum Gasteiger partial charge on any atom is 0.252 e. The van der Waals surface area contributed by atoms with Crippen molar-refractivity contribution in [1.82, 2.24) is 14.5 Å². The van der Waals surface area contributed by atoms with Crippen LogP contribution in [0.3, 0.4) is 0 Å². The van der Waals surface area contributed by atoms with Gasteiger partial charge in [-0.15, -0.1) is 0 Å². The van der Waals surface area contributed by atoms with E-state index in [0.29, 0.717) is 25.6 Å². The van der Waals surface area contributed by atoms with E-state index in [2.05, 4.69) is 34.5 Å². The molecular formula is C24H32ClN3O3S. The first-order chi connectivity index (χ1) is 15.3. The van der Waals surface area contributed by atoms with Gasteiger partial charge in [0.05, 0.1) is 15.5 Å². The zero-order valence-corrected chi connectivity index (χ0v) is 20.3. The smallest absolute Gasteiger partial charge is 0.252 e. The van der Waals surface area contributed by atoms with E-state index in [9.17, 15) is 13.2 Å². The minimum absolute atomic E-state index is 0.0868. The predicted molar refractivity (Wildman–Crippen MR) is 129 cm³/mol. The molecule has 0 bridgehead atoms. The summed E-state index contributed by atoms with van der Waals surface area (Å²) >= 11 is 6.23. The zero-order valence-electron chi connectivity index (χ0n) is 18.8. The van der Waals surface area contributed by atoms with E-state index in [-0.39, 0.29) is 21.4 Å². The summed E-state index contributed by atoms with van der Waals surface area (Å²) in [6.07, 6.45) is 2.04. The van der Waals surface area contributed by atoms with Crippen molar-refractivity contribution in [3.8, 4) is 0 Å². The fraction of sp³-hybridized carbons (Fsp3) is 0.458. The molecule has 0 aliphatic carbocycles. The van der Waals surface area contributed by atoms with E-state index in [1.165, 1.54) is 28.1 Å². The van der Waals surface area contributed by atoms with Gasteiger partial charge in [-0.1, -0.05) is 55.8 Å². The maximum absolute atomic E-state index is 12.8. The fourth-order valence-electron chi connectivity index (χ4n) is 4.10. The number of hydrogen-bond donors (Lipinski definition) is 1. The van der Waals surface area contributed by atoms with Crippen molar-refractivity contribution in [1.29, 1.82) is 0 Å². The van der Waals surface area contributed by atoms with Gasteiger partial charge in [-0.05, 0) is 49.1 Å². The Kier molecular flexibility index (Phi) is 8.71. The van der Waals surface area contributed by atoms with Crippen LogP contribution in [0.2, 0.25) is 5.02 Å². The molecule has 1 atom stereocenters. The molecule has 1 fully saturated rings. The van der Waals surface area contributed by atoms with Crippen LogP contribution < -0.4 is 5.32 Å². The summed E-state index contributed by atoms with van der Waals surface area (Å²) in [5.74, 6) is 0.0328. The number of rotatable bonds is 10. The standard InChI is InChI=1S/C24H32ClN3O3S/c1-3-28(4-2)32(30,31)21-10-11-23(25)22(16-21)24(29)26-17-20-13-15-27(18-20)14-12-19-8-6-5-7-9-19/h5-11,16,20H,3-4,12-15,17-18H2,1-2H3,(H,26,29). The molecule has 1 amide bonds. The van der Waals surface area contributed by atoms with E-state index in [1.54, 1.807) is 13.8 Å². The van der Waals surface area contributed by atoms with Gasteiger partial charge < -0.3 is 10.2 Å². The Labute approximate surface area is 196 Å². The number of nitrogens with zero attached hydrogens (tertiary/aromatic N) is 2. The summed E-state index contributed by atoms with van der Waals surface area (Å²) in [5.41, 5.74) is 1.53. The molecule has 0 aromatic heterocycles. The summed E-state index contributed by atoms with van der Waals surface area (Å²) in [6, 6.07) is 14.8. The average Bonchev–Trinajstić information content (AvgIpc) is 3.25. The predicted octanol–water partition coefficient (Wildman–Crippen LogP) is 3.66. The third-order valence-corrected chi connectivity index (χ3v) is 8.38. The molecule has 3 rings (SSSR count). The number of likely N-dealkylation sites (tertiary alicyclic amines) is 1. The van der Waals surface area contributed by atoms with Gasteiger partial charge >= 0.3 is 0 Å². The van der Waals surface area contributed by atoms with Crippen molar-refractivity contribution in [2.45, 2.75) is 31.6 Å². The number of sulfonamides is 1. The van der Waals surface area contributed by atoms with Crippen LogP contribution >= 0.6 is 11.6 Å². The molecule has 2 aromatic carbocycles. The van der Waals surface area contributed by atoms with Gasteiger partial charge in [0.25, 0.3) is 5.91 Å². The molecule has 1 saturated heterocycles. The Balaban J connectivity index is 1.56. The number of hydrogen-bond acceptors (Lipinski definition) is 4. The highest BCUT2D eigenvalue weighted by atomic mass is 35.5. The van der Waals surface area contributed by atoms with Crippen LogP contribution in [-0.2, 0) is 16.4 Å². The van der Waals surface area contributed by atoms with Crippen LogP contribution in [0.25, 0.3) is 0 Å². The van der Waals surface area contributed by atoms with Crippen molar-refractivity contribution >= 4 is 27.5 Å². The molecule has 174 valence electrons. The molecule has 1 N–H and O–H groups in total. The van der Waals surface area contributed by atoms with Gasteiger partial charge in [0.15, 0.2) is 0 Å². The molecule has 6 nitrogen and oxygen atoms in total. The maximum atomic E-state index is 12.8. The molecule has 32 heavy (non-hydrogen) atoms. The third-order valence-electron chi connectivity index (χ3n) is 6.01. The Morgan fingerprint density at radius 1 is 1.16 bits per heavy atom. The lowest BCUT2D eigenvalue weighted by Gasteiger charge is -2.19. The SMILES string of the molecule is CCN(CC)S(=O)(=O)c1ccc(Cl)c(C(=O)NCC2CCN(CCc3ccccc3)C2)c1. The largest absolute Gasteiger partial charge is 0.352 e. The summed E-state index contributed by atoms with van der Waals surface area (Å²) in [5, 5.41) is 3.20. The second kappa shape index (κ2) is 11.3.